The summed E-state index contributed by atoms with van der Waals surface area (Å²) in [5, 5.41) is 11.1. The Balaban J connectivity index is -0.000000135. The molecule has 0 saturated carbocycles. The average Bonchev–Trinajstić information content (AvgIpc) is 2.30. The van der Waals surface area contributed by atoms with Gasteiger partial charge in [-0.15, -0.1) is 0 Å². The third-order valence-corrected chi connectivity index (χ3v) is 2.48. The summed E-state index contributed by atoms with van der Waals surface area (Å²) < 4.78 is 1.49. The molecule has 0 fully saturated rings. The molecule has 2 radical (unpaired) electrons. The third-order valence-electron chi connectivity index (χ3n) is 1.33. The topological polar surface area (TPSA) is 48.1 Å². The number of nitrogens with one attached hydrogen (secondary N) is 4. The van der Waals surface area contributed by atoms with Crippen LogP contribution in [0.5, 0.6) is 0 Å². The Bertz CT molecular complexity index is 280. The van der Waals surface area contributed by atoms with E-state index in [2.05, 4.69) is 121 Å². The maximum absolute atomic E-state index is 4.59. The molecule has 0 heterocycles. The molecular weight excluding hydrogens is 519 g/mol. The van der Waals surface area contributed by atoms with Crippen molar-refractivity contribution in [3.05, 3.63) is 0 Å². The van der Waals surface area contributed by atoms with Crippen molar-refractivity contribution in [2.24, 2.45) is 0 Å². The molecule has 0 bridgehead atoms. The Morgan fingerprint density at radius 2 is 0.636 bits per heavy atom. The van der Waals surface area contributed by atoms with Crippen LogP contribution in [-0.2, 0) is 84.7 Å². The van der Waals surface area contributed by atoms with Gasteiger partial charge in [0.25, 0.3) is 0 Å². The van der Waals surface area contributed by atoms with Gasteiger partial charge in [-0.2, -0.15) is 0 Å². The van der Waals surface area contributed by atoms with Gasteiger partial charge in [0.2, 0.25) is 0 Å². The van der Waals surface area contributed by atoms with Gasteiger partial charge in [-0.25, -0.2) is 0 Å². The minimum Gasteiger partial charge on any atom is -0.412 e. The van der Waals surface area contributed by atoms with Crippen molar-refractivity contribution in [1.29, 1.82) is 0 Å². The van der Waals surface area contributed by atoms with Gasteiger partial charge in [0.15, 0.2) is 0 Å². The van der Waals surface area contributed by atoms with Gasteiger partial charge in [-0.05, 0) is 0 Å². The maximum atomic E-state index is 4.59. The van der Waals surface area contributed by atoms with Crippen molar-refractivity contribution in [2.75, 3.05) is 26.2 Å². The summed E-state index contributed by atoms with van der Waals surface area (Å²) in [7, 11) is 0. The van der Waals surface area contributed by atoms with Crippen molar-refractivity contribution in [1.82, 2.24) is 21.3 Å². The summed E-state index contributed by atoms with van der Waals surface area (Å²) in [4.78, 5) is 0. The van der Waals surface area contributed by atoms with Crippen LogP contribution in [0.1, 0.15) is 0 Å². The smallest absolute Gasteiger partial charge is 0.412 e. The summed E-state index contributed by atoms with van der Waals surface area (Å²) in [5.41, 5.74) is 0. The van der Waals surface area contributed by atoms with Crippen LogP contribution in [0.3, 0.4) is 0 Å². The predicted molar refractivity (Wildman–Crippen MR) is 112 cm³/mol. The molecule has 14 heteroatoms. The quantitative estimate of drug-likeness (QED) is 0.157. The van der Waals surface area contributed by atoms with Crippen LogP contribution < -0.4 is 21.3 Å². The van der Waals surface area contributed by atoms with Crippen LogP contribution in [0.2, 0.25) is 0 Å². The van der Waals surface area contributed by atoms with Crippen LogP contribution in [-0.4, -0.2) is 43.5 Å². The van der Waals surface area contributed by atoms with Crippen LogP contribution in [0, 0.1) is 0 Å². The van der Waals surface area contributed by atoms with Gasteiger partial charge in [0, 0.05) is 26.2 Å². The molecule has 0 aliphatic carbocycles. The molecule has 0 saturated heterocycles. The molecule has 0 aliphatic rings. The first kappa shape index (κ1) is 31.3. The van der Waals surface area contributed by atoms with E-state index < -0.39 is 0 Å². The van der Waals surface area contributed by atoms with E-state index in [0.29, 0.717) is 43.5 Å². The van der Waals surface area contributed by atoms with E-state index in [0.717, 1.165) is 0 Å². The van der Waals surface area contributed by atoms with Gasteiger partial charge < -0.3 is 121 Å². The van der Waals surface area contributed by atoms with Crippen molar-refractivity contribution < 1.29 is 34.1 Å². The molecule has 0 aromatic rings. The molecule has 0 atom stereocenters. The zero-order valence-corrected chi connectivity index (χ0v) is 19.7. The van der Waals surface area contributed by atoms with E-state index in [1.165, 1.54) is 0 Å². The van der Waals surface area contributed by atoms with Gasteiger partial charge in [-0.3, -0.25) is 0 Å². The fraction of sp³-hybridized carbons (Fsp3) is 0.500. The first-order valence-corrected chi connectivity index (χ1v) is 8.31. The second-order valence-electron chi connectivity index (χ2n) is 2.86. The minimum absolute atomic E-state index is 0. The van der Waals surface area contributed by atoms with Crippen LogP contribution >= 0.6 is 48.9 Å². The van der Waals surface area contributed by atoms with E-state index in [-0.39, 0.29) is 34.1 Å². The predicted octanol–water partition coefficient (Wildman–Crippen LogP) is -0.347. The van der Waals surface area contributed by atoms with Crippen molar-refractivity contribution in [2.45, 2.75) is 0 Å². The monoisotopic (exact) mass is 530 g/mol. The molecule has 0 aliphatic heterocycles. The molecule has 0 unspecified atom stereocenters. The first-order chi connectivity index (χ1) is 9.25. The summed E-state index contributed by atoms with van der Waals surface area (Å²) in [6, 6.07) is 0. The molecule has 0 rings (SSSR count). The number of thiocarbonyl (C=S) groups is 4. The Hall–Kier alpha value is 1.48. The molecule has 4 N–H and O–H groups in total. The summed E-state index contributed by atoms with van der Waals surface area (Å²) in [5.74, 6) is 0. The molecule has 4 nitrogen and oxygen atoms in total. The Labute approximate surface area is 196 Å². The number of hydrogen-bond acceptors (Lipinski definition) is 8. The largest absolute Gasteiger partial charge is 2.00 e. The number of hydrogen-bond donors (Lipinski definition) is 4. The van der Waals surface area contributed by atoms with E-state index in [9.17, 15) is 0 Å². The van der Waals surface area contributed by atoms with E-state index in [1.54, 1.807) is 0 Å². The van der Waals surface area contributed by atoms with Crippen LogP contribution in [0.25, 0.3) is 0 Å². The van der Waals surface area contributed by atoms with Crippen LogP contribution in [0.4, 0.5) is 0 Å². The first-order valence-electron chi connectivity index (χ1n) is 5.05. The fourth-order valence-corrected chi connectivity index (χ4v) is 1.47. The van der Waals surface area contributed by atoms with Gasteiger partial charge in [0.05, 0.1) is 0 Å². The van der Waals surface area contributed by atoms with Gasteiger partial charge >= 0.3 is 34.1 Å². The third kappa shape index (κ3) is 37.6. The average molecular weight is 531 g/mol. The molecule has 126 valence electrons. The maximum Gasteiger partial charge on any atom is 2.00 e. The second kappa shape index (κ2) is 22.5. The zero-order chi connectivity index (χ0) is 16.0. The van der Waals surface area contributed by atoms with Crippen LogP contribution in [0.15, 0.2) is 0 Å². The fourth-order valence-electron chi connectivity index (χ4n) is 0.658. The second-order valence-corrected chi connectivity index (χ2v) is 7.16. The Kier molecular flexibility index (Phi) is 31.9. The van der Waals surface area contributed by atoms with Crippen molar-refractivity contribution in [3.8, 4) is 0 Å². The summed E-state index contributed by atoms with van der Waals surface area (Å²) in [6.07, 6.45) is 0. The van der Waals surface area contributed by atoms with E-state index >= 15 is 0 Å². The molecule has 22 heavy (non-hydrogen) atoms. The Morgan fingerprint density at radius 3 is 0.727 bits per heavy atom. The molecular formula is C8H12Mn2N4S8. The molecule has 0 aromatic heterocycles. The molecule has 0 aromatic carbocycles. The normalized spacial score (nSPS) is 7.64. The van der Waals surface area contributed by atoms with E-state index in [1.807, 2.05) is 0 Å². The number of rotatable bonds is 6. The Morgan fingerprint density at radius 1 is 0.500 bits per heavy atom. The standard InChI is InChI=1S/2C4H8N2S4.2Mn/c2*7-3(8)5-1-2-6-4(9)10;;/h2*1-2H2,(H2,5,7,8)(H2,6,9,10);;/q;;2*+2/p-4. The summed E-state index contributed by atoms with van der Waals surface area (Å²) in [6.45, 7) is 2.66. The molecule has 0 amide bonds. The van der Waals surface area contributed by atoms with Crippen molar-refractivity contribution in [3.63, 3.8) is 0 Å². The van der Waals surface area contributed by atoms with E-state index in [4.69, 9.17) is 0 Å². The van der Waals surface area contributed by atoms with Gasteiger partial charge in [-0.1, -0.05) is 17.3 Å². The molecule has 0 spiro atoms. The van der Waals surface area contributed by atoms with Crippen molar-refractivity contribution >= 4 is 117 Å². The minimum atomic E-state index is 0. The SMILES string of the molecule is S=C([S-])NCCNC(=S)[S-].S=C([S-])NCCNC(=S)[S-].[Mn+2].[Mn+2]. The summed E-state index contributed by atoms with van der Waals surface area (Å²) >= 11 is 36.7. The zero-order valence-electron chi connectivity index (χ0n) is 10.9. The van der Waals surface area contributed by atoms with Gasteiger partial charge in [0.1, 0.15) is 0 Å².